The SMILES string of the molecule is CCCNC(=O)c1ccccc1NC(=O)[C@@H]1CCCN(S(C)(=O)=O)C1. The molecule has 25 heavy (non-hydrogen) atoms. The van der Waals surface area contributed by atoms with Crippen molar-refractivity contribution in [2.45, 2.75) is 26.2 Å². The van der Waals surface area contributed by atoms with Gasteiger partial charge in [0.15, 0.2) is 0 Å². The van der Waals surface area contributed by atoms with Gasteiger partial charge in [-0.05, 0) is 31.4 Å². The number of amides is 2. The summed E-state index contributed by atoms with van der Waals surface area (Å²) in [7, 11) is -3.31. The summed E-state index contributed by atoms with van der Waals surface area (Å²) in [5.74, 6) is -0.918. The molecule has 2 rings (SSSR count). The maximum Gasteiger partial charge on any atom is 0.253 e. The van der Waals surface area contributed by atoms with Gasteiger partial charge in [-0.2, -0.15) is 0 Å². The van der Waals surface area contributed by atoms with Gasteiger partial charge in [0.2, 0.25) is 15.9 Å². The van der Waals surface area contributed by atoms with Gasteiger partial charge < -0.3 is 10.6 Å². The van der Waals surface area contributed by atoms with Crippen LogP contribution < -0.4 is 10.6 Å². The Morgan fingerprint density at radius 2 is 2.00 bits per heavy atom. The second kappa shape index (κ2) is 8.44. The zero-order valence-corrected chi connectivity index (χ0v) is 15.4. The van der Waals surface area contributed by atoms with Crippen LogP contribution in [0.2, 0.25) is 0 Å². The second-order valence-corrected chi connectivity index (χ2v) is 8.23. The van der Waals surface area contributed by atoms with E-state index in [0.29, 0.717) is 37.2 Å². The van der Waals surface area contributed by atoms with E-state index in [1.165, 1.54) is 4.31 Å². The van der Waals surface area contributed by atoms with Crippen molar-refractivity contribution in [3.8, 4) is 0 Å². The van der Waals surface area contributed by atoms with Gasteiger partial charge in [-0.25, -0.2) is 12.7 Å². The molecule has 1 fully saturated rings. The molecule has 8 heteroatoms. The Morgan fingerprint density at radius 3 is 2.68 bits per heavy atom. The van der Waals surface area contributed by atoms with Gasteiger partial charge in [-0.3, -0.25) is 9.59 Å². The molecule has 1 aromatic carbocycles. The van der Waals surface area contributed by atoms with Crippen LogP contribution in [0.15, 0.2) is 24.3 Å². The van der Waals surface area contributed by atoms with Crippen molar-refractivity contribution in [3.05, 3.63) is 29.8 Å². The fourth-order valence-electron chi connectivity index (χ4n) is 2.82. The number of carbonyl (C=O) groups excluding carboxylic acids is 2. The van der Waals surface area contributed by atoms with Crippen LogP contribution in [-0.4, -0.2) is 50.4 Å². The molecule has 0 aliphatic carbocycles. The van der Waals surface area contributed by atoms with E-state index in [9.17, 15) is 18.0 Å². The standard InChI is InChI=1S/C17H25N3O4S/c1-3-10-18-17(22)14-8-4-5-9-15(14)19-16(21)13-7-6-11-20(12-13)25(2,23)24/h4-5,8-9,13H,3,6-7,10-12H2,1-2H3,(H,18,22)(H,19,21)/t13-/m1/s1. The van der Waals surface area contributed by atoms with Crippen LogP contribution in [0, 0.1) is 5.92 Å². The summed E-state index contributed by atoms with van der Waals surface area (Å²) in [6.07, 6.45) is 3.25. The first kappa shape index (κ1) is 19.4. The van der Waals surface area contributed by atoms with Crippen molar-refractivity contribution in [2.24, 2.45) is 5.92 Å². The lowest BCUT2D eigenvalue weighted by Crippen LogP contribution is -2.43. The molecule has 1 aliphatic rings. The fourth-order valence-corrected chi connectivity index (χ4v) is 3.73. The molecule has 0 spiro atoms. The quantitative estimate of drug-likeness (QED) is 0.795. The summed E-state index contributed by atoms with van der Waals surface area (Å²) in [5.41, 5.74) is 0.845. The van der Waals surface area contributed by atoms with Crippen molar-refractivity contribution < 1.29 is 18.0 Å². The first-order chi connectivity index (χ1) is 11.8. The molecule has 1 aliphatic heterocycles. The Kier molecular flexibility index (Phi) is 6.55. The van der Waals surface area contributed by atoms with E-state index >= 15 is 0 Å². The highest BCUT2D eigenvalue weighted by molar-refractivity contribution is 7.88. The monoisotopic (exact) mass is 367 g/mol. The Balaban J connectivity index is 2.09. The van der Waals surface area contributed by atoms with Crippen LogP contribution in [0.3, 0.4) is 0 Å². The summed E-state index contributed by atoms with van der Waals surface area (Å²) in [4.78, 5) is 24.8. The van der Waals surface area contributed by atoms with Crippen LogP contribution in [-0.2, 0) is 14.8 Å². The van der Waals surface area contributed by atoms with Gasteiger partial charge >= 0.3 is 0 Å². The zero-order chi connectivity index (χ0) is 18.4. The zero-order valence-electron chi connectivity index (χ0n) is 14.6. The largest absolute Gasteiger partial charge is 0.352 e. The van der Waals surface area contributed by atoms with E-state index in [2.05, 4.69) is 10.6 Å². The summed E-state index contributed by atoms with van der Waals surface area (Å²) < 4.78 is 24.7. The molecule has 0 unspecified atom stereocenters. The molecule has 1 aromatic rings. The highest BCUT2D eigenvalue weighted by Gasteiger charge is 2.30. The lowest BCUT2D eigenvalue weighted by atomic mass is 9.98. The first-order valence-electron chi connectivity index (χ1n) is 8.46. The Labute approximate surface area is 148 Å². The Hall–Kier alpha value is -1.93. The molecular weight excluding hydrogens is 342 g/mol. The number of piperidine rings is 1. The minimum atomic E-state index is -3.31. The molecule has 0 bridgehead atoms. The number of rotatable bonds is 6. The number of nitrogens with zero attached hydrogens (tertiary/aromatic N) is 1. The van der Waals surface area contributed by atoms with Crippen LogP contribution in [0.4, 0.5) is 5.69 Å². The highest BCUT2D eigenvalue weighted by Crippen LogP contribution is 2.22. The molecule has 0 radical (unpaired) electrons. The van der Waals surface area contributed by atoms with Crippen molar-refractivity contribution >= 4 is 27.5 Å². The van der Waals surface area contributed by atoms with Crippen molar-refractivity contribution in [1.82, 2.24) is 9.62 Å². The van der Waals surface area contributed by atoms with Crippen molar-refractivity contribution in [3.63, 3.8) is 0 Å². The van der Waals surface area contributed by atoms with E-state index in [1.54, 1.807) is 24.3 Å². The third kappa shape index (κ3) is 5.27. The summed E-state index contributed by atoms with van der Waals surface area (Å²) in [5, 5.41) is 5.58. The number of benzene rings is 1. The topological polar surface area (TPSA) is 95.6 Å². The van der Waals surface area contributed by atoms with Crippen LogP contribution in [0.25, 0.3) is 0 Å². The van der Waals surface area contributed by atoms with E-state index in [4.69, 9.17) is 0 Å². The Morgan fingerprint density at radius 1 is 1.28 bits per heavy atom. The van der Waals surface area contributed by atoms with Crippen LogP contribution in [0.5, 0.6) is 0 Å². The maximum absolute atomic E-state index is 12.6. The van der Waals surface area contributed by atoms with Crippen molar-refractivity contribution in [1.29, 1.82) is 0 Å². The molecule has 2 amide bonds. The number of nitrogens with one attached hydrogen (secondary N) is 2. The molecule has 0 aromatic heterocycles. The number of sulfonamides is 1. The van der Waals surface area contributed by atoms with E-state index in [1.807, 2.05) is 6.92 Å². The van der Waals surface area contributed by atoms with Gasteiger partial charge in [-0.1, -0.05) is 19.1 Å². The second-order valence-electron chi connectivity index (χ2n) is 6.25. The molecular formula is C17H25N3O4S. The minimum absolute atomic E-state index is 0.175. The molecule has 1 atom stereocenters. The molecule has 0 saturated carbocycles. The lowest BCUT2D eigenvalue weighted by molar-refractivity contribution is -0.120. The average Bonchev–Trinajstić information content (AvgIpc) is 2.59. The smallest absolute Gasteiger partial charge is 0.253 e. The normalized spacial score (nSPS) is 18.6. The summed E-state index contributed by atoms with van der Waals surface area (Å²) >= 11 is 0. The molecule has 1 saturated heterocycles. The minimum Gasteiger partial charge on any atom is -0.352 e. The molecule has 138 valence electrons. The molecule has 7 nitrogen and oxygen atoms in total. The number of para-hydroxylation sites is 1. The van der Waals surface area contributed by atoms with Crippen LogP contribution >= 0.6 is 0 Å². The van der Waals surface area contributed by atoms with Crippen LogP contribution in [0.1, 0.15) is 36.5 Å². The third-order valence-electron chi connectivity index (χ3n) is 4.19. The summed E-state index contributed by atoms with van der Waals surface area (Å²) in [6.45, 7) is 3.14. The van der Waals surface area contributed by atoms with Gasteiger partial charge in [0.1, 0.15) is 0 Å². The number of anilines is 1. The number of carbonyl (C=O) groups is 2. The average molecular weight is 367 g/mol. The lowest BCUT2D eigenvalue weighted by Gasteiger charge is -2.30. The van der Waals surface area contributed by atoms with Gasteiger partial charge in [0, 0.05) is 19.6 Å². The van der Waals surface area contributed by atoms with E-state index in [-0.39, 0.29) is 18.4 Å². The van der Waals surface area contributed by atoms with Crippen molar-refractivity contribution in [2.75, 3.05) is 31.2 Å². The maximum atomic E-state index is 12.6. The van der Waals surface area contributed by atoms with Gasteiger partial charge in [0.05, 0.1) is 23.4 Å². The van der Waals surface area contributed by atoms with E-state index in [0.717, 1.165) is 12.7 Å². The first-order valence-corrected chi connectivity index (χ1v) is 10.3. The number of hydrogen-bond acceptors (Lipinski definition) is 4. The van der Waals surface area contributed by atoms with E-state index < -0.39 is 15.9 Å². The highest BCUT2D eigenvalue weighted by atomic mass is 32.2. The molecule has 1 heterocycles. The number of hydrogen-bond donors (Lipinski definition) is 2. The molecule has 2 N–H and O–H groups in total. The summed E-state index contributed by atoms with van der Waals surface area (Å²) in [6, 6.07) is 6.82. The third-order valence-corrected chi connectivity index (χ3v) is 5.46. The predicted octanol–water partition coefficient (Wildman–Crippen LogP) is 1.44. The van der Waals surface area contributed by atoms with Gasteiger partial charge in [-0.15, -0.1) is 0 Å². The predicted molar refractivity (Wildman–Crippen MR) is 96.8 cm³/mol. The Bertz CT molecular complexity index is 733. The van der Waals surface area contributed by atoms with Gasteiger partial charge in [0.25, 0.3) is 5.91 Å². The fraction of sp³-hybridized carbons (Fsp3) is 0.529.